The summed E-state index contributed by atoms with van der Waals surface area (Å²) in [5.74, 6) is 1.51. The molecule has 1 aliphatic rings. The zero-order valence-corrected chi connectivity index (χ0v) is 10.8. The molecule has 0 saturated carbocycles. The molecule has 16 heavy (non-hydrogen) atoms. The van der Waals surface area contributed by atoms with Crippen LogP contribution in [0.4, 0.5) is 0 Å². The number of piperidine rings is 1. The number of halogens is 1. The van der Waals surface area contributed by atoms with Gasteiger partial charge in [-0.2, -0.15) is 0 Å². The zero-order valence-electron chi connectivity index (χ0n) is 10.0. The summed E-state index contributed by atoms with van der Waals surface area (Å²) in [5, 5.41) is 3.92. The normalized spacial score (nSPS) is 18.2. The monoisotopic (exact) mass is 246 g/mol. The van der Waals surface area contributed by atoms with Gasteiger partial charge in [0.25, 0.3) is 5.88 Å². The lowest BCUT2D eigenvalue weighted by molar-refractivity contribution is 0.105. The molecule has 1 aromatic rings. The van der Waals surface area contributed by atoms with Gasteiger partial charge in [-0.15, -0.1) is 12.4 Å². The lowest BCUT2D eigenvalue weighted by atomic mass is 10.1. The molecule has 0 radical (unpaired) electrons. The summed E-state index contributed by atoms with van der Waals surface area (Å²) in [4.78, 5) is 2.32. The maximum Gasteiger partial charge on any atom is 0.257 e. The largest absolute Gasteiger partial charge is 0.472 e. The number of nitrogens with zero attached hydrogens (tertiary/aromatic N) is 2. The summed E-state index contributed by atoms with van der Waals surface area (Å²) in [6, 6.07) is 0. The number of likely N-dealkylation sites (tertiary alicyclic amines) is 1. The van der Waals surface area contributed by atoms with E-state index in [-0.39, 0.29) is 12.4 Å². The Labute approximate surface area is 102 Å². The fourth-order valence-corrected chi connectivity index (χ4v) is 1.77. The first-order valence-electron chi connectivity index (χ1n) is 5.45. The number of hydrogen-bond acceptors (Lipinski definition) is 4. The van der Waals surface area contributed by atoms with E-state index in [1.54, 1.807) is 0 Å². The van der Waals surface area contributed by atoms with Crippen LogP contribution >= 0.6 is 12.4 Å². The van der Waals surface area contributed by atoms with Crippen LogP contribution in [0.2, 0.25) is 0 Å². The van der Waals surface area contributed by atoms with E-state index in [4.69, 9.17) is 9.26 Å². The molecule has 0 N–H and O–H groups in total. The molecule has 4 nitrogen and oxygen atoms in total. The first-order valence-corrected chi connectivity index (χ1v) is 5.45. The first-order chi connectivity index (χ1) is 7.16. The van der Waals surface area contributed by atoms with Crippen molar-refractivity contribution < 1.29 is 9.26 Å². The Balaban J connectivity index is 0.00000128. The molecule has 2 rings (SSSR count). The molecule has 0 amide bonds. The maximum atomic E-state index is 5.82. The van der Waals surface area contributed by atoms with E-state index >= 15 is 0 Å². The zero-order chi connectivity index (χ0) is 10.8. The van der Waals surface area contributed by atoms with Crippen LogP contribution in [0.25, 0.3) is 0 Å². The fraction of sp³-hybridized carbons (Fsp3) is 0.727. The van der Waals surface area contributed by atoms with E-state index in [2.05, 4.69) is 17.1 Å². The Bertz CT molecular complexity index is 333. The molecular weight excluding hydrogens is 228 g/mol. The van der Waals surface area contributed by atoms with Crippen molar-refractivity contribution in [2.24, 2.45) is 0 Å². The smallest absolute Gasteiger partial charge is 0.257 e. The summed E-state index contributed by atoms with van der Waals surface area (Å²) in [6.45, 7) is 6.08. The van der Waals surface area contributed by atoms with Gasteiger partial charge in [0.2, 0.25) is 0 Å². The van der Waals surface area contributed by atoms with Crippen molar-refractivity contribution in [2.45, 2.75) is 32.8 Å². The summed E-state index contributed by atoms with van der Waals surface area (Å²) in [6.07, 6.45) is 2.44. The predicted molar refractivity (Wildman–Crippen MR) is 64.4 cm³/mol. The summed E-state index contributed by atoms with van der Waals surface area (Å²) in [5.41, 5.74) is 1.02. The van der Waals surface area contributed by atoms with Crippen molar-refractivity contribution in [1.29, 1.82) is 0 Å². The van der Waals surface area contributed by atoms with Gasteiger partial charge in [-0.1, -0.05) is 0 Å². The molecule has 2 heterocycles. The van der Waals surface area contributed by atoms with Crippen LogP contribution < -0.4 is 4.74 Å². The average Bonchev–Trinajstić information content (AvgIpc) is 2.53. The van der Waals surface area contributed by atoms with Gasteiger partial charge < -0.3 is 14.2 Å². The lowest BCUT2D eigenvalue weighted by Crippen LogP contribution is -2.35. The predicted octanol–water partition coefficient (Wildman–Crippen LogP) is 2.19. The van der Waals surface area contributed by atoms with Crippen molar-refractivity contribution in [1.82, 2.24) is 10.1 Å². The van der Waals surface area contributed by atoms with Gasteiger partial charge in [-0.25, -0.2) is 0 Å². The molecule has 0 aliphatic carbocycles. The molecule has 0 unspecified atom stereocenters. The van der Waals surface area contributed by atoms with Crippen molar-refractivity contribution in [2.75, 3.05) is 20.1 Å². The highest BCUT2D eigenvalue weighted by Gasteiger charge is 2.20. The van der Waals surface area contributed by atoms with Gasteiger partial charge >= 0.3 is 0 Å². The molecular formula is C11H19ClN2O2. The van der Waals surface area contributed by atoms with Gasteiger partial charge in [0, 0.05) is 13.1 Å². The van der Waals surface area contributed by atoms with Gasteiger partial charge in [0.15, 0.2) is 0 Å². The lowest BCUT2D eigenvalue weighted by Gasteiger charge is -2.28. The molecule has 1 aliphatic heterocycles. The van der Waals surface area contributed by atoms with Crippen LogP contribution in [0, 0.1) is 13.8 Å². The standard InChI is InChI=1S/C11H18N2O2.ClH/c1-8-9(2)15-12-11(8)14-10-4-6-13(3)7-5-10;/h10H,4-7H2,1-3H3;1H. The minimum Gasteiger partial charge on any atom is -0.472 e. The van der Waals surface area contributed by atoms with E-state index in [1.165, 1.54) is 0 Å². The number of aryl methyl sites for hydroxylation is 1. The molecule has 0 atom stereocenters. The second-order valence-corrected chi connectivity index (χ2v) is 4.29. The van der Waals surface area contributed by atoms with E-state index in [0.29, 0.717) is 12.0 Å². The van der Waals surface area contributed by atoms with Crippen LogP contribution in [0.15, 0.2) is 4.52 Å². The summed E-state index contributed by atoms with van der Waals surface area (Å²) < 4.78 is 10.9. The van der Waals surface area contributed by atoms with E-state index in [9.17, 15) is 0 Å². The van der Waals surface area contributed by atoms with E-state index in [0.717, 1.165) is 37.3 Å². The molecule has 0 aromatic carbocycles. The Hall–Kier alpha value is -0.740. The number of ether oxygens (including phenoxy) is 1. The van der Waals surface area contributed by atoms with Gasteiger partial charge in [-0.05, 0) is 38.9 Å². The molecule has 92 valence electrons. The molecule has 1 aromatic heterocycles. The molecule has 1 saturated heterocycles. The molecule has 0 bridgehead atoms. The third-order valence-electron chi connectivity index (χ3n) is 3.06. The Morgan fingerprint density at radius 2 is 1.94 bits per heavy atom. The van der Waals surface area contributed by atoms with Crippen molar-refractivity contribution in [3.8, 4) is 5.88 Å². The highest BCUT2D eigenvalue weighted by atomic mass is 35.5. The average molecular weight is 247 g/mol. The third-order valence-corrected chi connectivity index (χ3v) is 3.06. The highest BCUT2D eigenvalue weighted by molar-refractivity contribution is 5.85. The summed E-state index contributed by atoms with van der Waals surface area (Å²) in [7, 11) is 2.14. The van der Waals surface area contributed by atoms with Gasteiger partial charge in [0.1, 0.15) is 11.9 Å². The molecule has 0 spiro atoms. The quantitative estimate of drug-likeness (QED) is 0.802. The van der Waals surface area contributed by atoms with Crippen LogP contribution in [0.1, 0.15) is 24.2 Å². The number of rotatable bonds is 2. The third kappa shape index (κ3) is 2.89. The highest BCUT2D eigenvalue weighted by Crippen LogP contribution is 2.23. The first kappa shape index (κ1) is 13.3. The fourth-order valence-electron chi connectivity index (χ4n) is 1.77. The van der Waals surface area contributed by atoms with Crippen molar-refractivity contribution in [3.05, 3.63) is 11.3 Å². The van der Waals surface area contributed by atoms with Crippen molar-refractivity contribution >= 4 is 12.4 Å². The second kappa shape index (κ2) is 5.55. The van der Waals surface area contributed by atoms with Crippen LogP contribution in [0.3, 0.4) is 0 Å². The topological polar surface area (TPSA) is 38.5 Å². The Kier molecular flexibility index (Phi) is 4.62. The molecule has 5 heteroatoms. The van der Waals surface area contributed by atoms with Crippen LogP contribution in [-0.4, -0.2) is 36.3 Å². The van der Waals surface area contributed by atoms with E-state index in [1.807, 2.05) is 13.8 Å². The Morgan fingerprint density at radius 1 is 1.31 bits per heavy atom. The summed E-state index contributed by atoms with van der Waals surface area (Å²) >= 11 is 0. The number of aromatic nitrogens is 1. The van der Waals surface area contributed by atoms with Crippen LogP contribution in [0.5, 0.6) is 5.88 Å². The Morgan fingerprint density at radius 3 is 2.44 bits per heavy atom. The SMILES string of the molecule is Cc1onc(OC2CCN(C)CC2)c1C.Cl. The van der Waals surface area contributed by atoms with Crippen LogP contribution in [-0.2, 0) is 0 Å². The number of hydrogen-bond donors (Lipinski definition) is 0. The van der Waals surface area contributed by atoms with E-state index < -0.39 is 0 Å². The molecule has 1 fully saturated rings. The second-order valence-electron chi connectivity index (χ2n) is 4.29. The van der Waals surface area contributed by atoms with Gasteiger partial charge in [-0.3, -0.25) is 0 Å². The maximum absolute atomic E-state index is 5.82. The minimum atomic E-state index is 0. The van der Waals surface area contributed by atoms with Gasteiger partial charge in [0.05, 0.1) is 5.56 Å². The minimum absolute atomic E-state index is 0. The van der Waals surface area contributed by atoms with Crippen molar-refractivity contribution in [3.63, 3.8) is 0 Å².